The minimum Gasteiger partial charge on any atom is -0.396 e. The van der Waals surface area contributed by atoms with Crippen LogP contribution < -0.4 is 10.6 Å². The second-order valence-electron chi connectivity index (χ2n) is 8.68. The van der Waals surface area contributed by atoms with Gasteiger partial charge in [-0.2, -0.15) is 4.98 Å². The maximum absolute atomic E-state index is 9.62. The van der Waals surface area contributed by atoms with Gasteiger partial charge in [-0.3, -0.25) is 4.98 Å². The van der Waals surface area contributed by atoms with Crippen molar-refractivity contribution in [2.75, 3.05) is 23.8 Å². The number of thiazole rings is 1. The fraction of sp³-hybridized carbons (Fsp3) is 0.565. The van der Waals surface area contributed by atoms with Crippen LogP contribution in [0.1, 0.15) is 50.9 Å². The van der Waals surface area contributed by atoms with Gasteiger partial charge in [-0.1, -0.05) is 13.3 Å². The number of aryl methyl sites for hydroxylation is 2. The molecule has 3 aromatic rings. The van der Waals surface area contributed by atoms with E-state index in [1.54, 1.807) is 11.3 Å². The number of anilines is 2. The average Bonchev–Trinajstić information content (AvgIpc) is 3.47. The van der Waals surface area contributed by atoms with E-state index in [1.807, 2.05) is 26.1 Å². The first kappa shape index (κ1) is 21.9. The summed E-state index contributed by atoms with van der Waals surface area (Å²) < 4.78 is 1.11. The summed E-state index contributed by atoms with van der Waals surface area (Å²) >= 11 is 1.65. The molecule has 1 saturated carbocycles. The van der Waals surface area contributed by atoms with E-state index < -0.39 is 0 Å². The Balaban J connectivity index is 1.69. The molecule has 8 heteroatoms. The molecule has 31 heavy (non-hydrogen) atoms. The second-order valence-corrected chi connectivity index (χ2v) is 9.71. The molecule has 0 aliphatic heterocycles. The zero-order valence-corrected chi connectivity index (χ0v) is 19.6. The van der Waals surface area contributed by atoms with Gasteiger partial charge in [0.2, 0.25) is 5.95 Å². The molecule has 0 spiro atoms. The Morgan fingerprint density at radius 3 is 2.68 bits per heavy atom. The summed E-state index contributed by atoms with van der Waals surface area (Å²) in [4.78, 5) is 18.9. The van der Waals surface area contributed by atoms with Crippen LogP contribution in [0.3, 0.4) is 0 Å². The Hall–Kier alpha value is -2.32. The molecule has 4 rings (SSSR count). The van der Waals surface area contributed by atoms with Gasteiger partial charge in [0.15, 0.2) is 0 Å². The van der Waals surface area contributed by atoms with Crippen LogP contribution in [-0.2, 0) is 0 Å². The first-order valence-corrected chi connectivity index (χ1v) is 12.0. The molecule has 2 unspecified atom stereocenters. The van der Waals surface area contributed by atoms with E-state index >= 15 is 0 Å². The fourth-order valence-corrected chi connectivity index (χ4v) is 4.93. The first-order valence-electron chi connectivity index (χ1n) is 11.2. The van der Waals surface area contributed by atoms with Crippen LogP contribution in [0.2, 0.25) is 0 Å². The van der Waals surface area contributed by atoms with Gasteiger partial charge >= 0.3 is 0 Å². The summed E-state index contributed by atoms with van der Waals surface area (Å²) in [5, 5.41) is 17.5. The molecule has 1 fully saturated rings. The Morgan fingerprint density at radius 1 is 1.19 bits per heavy atom. The normalized spacial score (nSPS) is 15.8. The molecule has 0 amide bonds. The zero-order valence-electron chi connectivity index (χ0n) is 18.8. The number of nitrogens with one attached hydrogen (secondary N) is 2. The molecule has 3 aromatic heterocycles. The van der Waals surface area contributed by atoms with E-state index in [0.29, 0.717) is 5.95 Å². The van der Waals surface area contributed by atoms with Crippen LogP contribution in [0.5, 0.6) is 0 Å². The highest BCUT2D eigenvalue weighted by Crippen LogP contribution is 2.37. The summed E-state index contributed by atoms with van der Waals surface area (Å²) in [5.74, 6) is 2.48. The van der Waals surface area contributed by atoms with Crippen LogP contribution in [0, 0.1) is 25.7 Å². The molecule has 0 radical (unpaired) electrons. The quantitative estimate of drug-likeness (QED) is 0.417. The van der Waals surface area contributed by atoms with Gasteiger partial charge < -0.3 is 15.7 Å². The summed E-state index contributed by atoms with van der Waals surface area (Å²) in [6.45, 7) is 9.39. The number of aliphatic hydroxyl groups is 1. The minimum atomic E-state index is 0.166. The van der Waals surface area contributed by atoms with Crippen LogP contribution in [0.25, 0.3) is 20.8 Å². The predicted octanol–water partition coefficient (Wildman–Crippen LogP) is 4.80. The van der Waals surface area contributed by atoms with Gasteiger partial charge in [0.1, 0.15) is 16.3 Å². The highest BCUT2D eigenvalue weighted by Gasteiger charge is 2.23. The van der Waals surface area contributed by atoms with E-state index in [0.717, 1.165) is 63.3 Å². The van der Waals surface area contributed by atoms with E-state index in [-0.39, 0.29) is 18.6 Å². The van der Waals surface area contributed by atoms with Gasteiger partial charge in [0.05, 0.1) is 21.7 Å². The summed E-state index contributed by atoms with van der Waals surface area (Å²) in [7, 11) is 0. The number of nitrogens with zero attached hydrogens (tertiary/aromatic N) is 4. The van der Waals surface area contributed by atoms with Crippen molar-refractivity contribution in [3.05, 3.63) is 23.7 Å². The number of aliphatic hydroxyl groups excluding tert-OH is 1. The van der Waals surface area contributed by atoms with E-state index in [1.165, 1.54) is 12.8 Å². The van der Waals surface area contributed by atoms with E-state index in [9.17, 15) is 5.11 Å². The summed E-state index contributed by atoms with van der Waals surface area (Å²) in [6.07, 6.45) is 6.23. The summed E-state index contributed by atoms with van der Waals surface area (Å²) in [5.41, 5.74) is 3.71. The smallest absolute Gasteiger partial charge is 0.224 e. The van der Waals surface area contributed by atoms with Crippen LogP contribution in [-0.4, -0.2) is 44.2 Å². The zero-order chi connectivity index (χ0) is 22.0. The van der Waals surface area contributed by atoms with E-state index in [4.69, 9.17) is 15.0 Å². The molecular weight excluding hydrogens is 408 g/mol. The van der Waals surface area contributed by atoms with Gasteiger partial charge in [-0.15, -0.1) is 11.3 Å². The number of hydrogen-bond acceptors (Lipinski definition) is 8. The van der Waals surface area contributed by atoms with E-state index in [2.05, 4.69) is 29.5 Å². The van der Waals surface area contributed by atoms with Gasteiger partial charge in [-0.05, 0) is 57.9 Å². The number of aromatic nitrogens is 4. The lowest BCUT2D eigenvalue weighted by atomic mass is 9.99. The van der Waals surface area contributed by atoms with Crippen molar-refractivity contribution in [2.45, 2.75) is 59.4 Å². The lowest BCUT2D eigenvalue weighted by Gasteiger charge is -2.21. The molecule has 0 aromatic carbocycles. The third-order valence-corrected chi connectivity index (χ3v) is 6.98. The lowest BCUT2D eigenvalue weighted by molar-refractivity contribution is 0.211. The minimum absolute atomic E-state index is 0.166. The Labute approximate surface area is 187 Å². The number of rotatable bonds is 10. The lowest BCUT2D eigenvalue weighted by Crippen LogP contribution is -2.23. The Kier molecular flexibility index (Phi) is 6.67. The number of hydrogen-bond donors (Lipinski definition) is 3. The standard InChI is InChI=1S/C23H32N6OS/c1-5-16(12-30)10-13(2)26-21-19(14(3)27-23(29-21)25-11-17-6-7-17)22-28-20-15(4)24-9-8-18(20)31-22/h8-9,13,16-17,30H,5-7,10-12H2,1-4H3,(H2,25,26,27,29). The fourth-order valence-electron chi connectivity index (χ4n) is 3.82. The molecule has 0 bridgehead atoms. The molecule has 166 valence electrons. The van der Waals surface area contributed by atoms with Gasteiger partial charge in [0.25, 0.3) is 0 Å². The first-order chi connectivity index (χ1) is 15.0. The van der Waals surface area contributed by atoms with Crippen molar-refractivity contribution >= 4 is 33.3 Å². The molecule has 3 heterocycles. The third kappa shape index (κ3) is 5.13. The Bertz CT molecular complexity index is 1040. The highest BCUT2D eigenvalue weighted by atomic mass is 32.1. The topological polar surface area (TPSA) is 95.8 Å². The summed E-state index contributed by atoms with van der Waals surface area (Å²) in [6, 6.07) is 2.17. The van der Waals surface area contributed by atoms with Crippen LogP contribution in [0.15, 0.2) is 12.3 Å². The predicted molar refractivity (Wildman–Crippen MR) is 128 cm³/mol. The van der Waals surface area contributed by atoms with Crippen molar-refractivity contribution in [1.29, 1.82) is 0 Å². The van der Waals surface area contributed by atoms with Crippen LogP contribution in [0.4, 0.5) is 11.8 Å². The third-order valence-electron chi connectivity index (χ3n) is 5.95. The number of pyridine rings is 1. The number of fused-ring (bicyclic) bond motifs is 1. The largest absolute Gasteiger partial charge is 0.396 e. The van der Waals surface area contributed by atoms with Crippen LogP contribution >= 0.6 is 11.3 Å². The molecule has 0 saturated heterocycles. The maximum Gasteiger partial charge on any atom is 0.224 e. The van der Waals surface area contributed by atoms with Crippen molar-refractivity contribution < 1.29 is 5.11 Å². The molecule has 2 atom stereocenters. The van der Waals surface area contributed by atoms with Gasteiger partial charge in [-0.25, -0.2) is 9.97 Å². The van der Waals surface area contributed by atoms with Gasteiger partial charge in [0, 0.05) is 25.4 Å². The molecule has 1 aliphatic rings. The molecular formula is C23H32N6OS. The Morgan fingerprint density at radius 2 is 2.00 bits per heavy atom. The molecule has 7 nitrogen and oxygen atoms in total. The maximum atomic E-state index is 9.62. The molecule has 1 aliphatic carbocycles. The monoisotopic (exact) mass is 440 g/mol. The van der Waals surface area contributed by atoms with Crippen molar-refractivity contribution in [1.82, 2.24) is 19.9 Å². The molecule has 3 N–H and O–H groups in total. The highest BCUT2D eigenvalue weighted by molar-refractivity contribution is 7.21. The SMILES string of the molecule is CCC(CO)CC(C)Nc1nc(NCC2CC2)nc(C)c1-c1nc2c(C)nccc2s1. The van der Waals surface area contributed by atoms with Crippen molar-refractivity contribution in [2.24, 2.45) is 11.8 Å². The van der Waals surface area contributed by atoms with Crippen molar-refractivity contribution in [3.8, 4) is 10.6 Å². The average molecular weight is 441 g/mol. The second kappa shape index (κ2) is 9.44. The van der Waals surface area contributed by atoms with Crippen molar-refractivity contribution in [3.63, 3.8) is 0 Å².